The predicted molar refractivity (Wildman–Crippen MR) is 58.3 cm³/mol. The van der Waals surface area contributed by atoms with E-state index in [4.69, 9.17) is 5.73 Å². The Morgan fingerprint density at radius 1 is 1.73 bits per heavy atom. The van der Waals surface area contributed by atoms with Crippen molar-refractivity contribution >= 4 is 0 Å². The Morgan fingerprint density at radius 2 is 2.47 bits per heavy atom. The highest BCUT2D eigenvalue weighted by Gasteiger charge is 2.42. The van der Waals surface area contributed by atoms with Crippen LogP contribution in [-0.4, -0.2) is 21.4 Å². The van der Waals surface area contributed by atoms with Crippen molar-refractivity contribution in [2.75, 3.05) is 6.54 Å². The quantitative estimate of drug-likeness (QED) is 0.747. The highest BCUT2D eigenvalue weighted by molar-refractivity contribution is 5.28. The third-order valence-electron chi connectivity index (χ3n) is 3.61. The van der Waals surface area contributed by atoms with Gasteiger partial charge in [0.05, 0.1) is 11.9 Å². The molecule has 0 saturated heterocycles. The number of nitrogens with two attached hydrogens (primary N) is 1. The first-order valence-corrected chi connectivity index (χ1v) is 5.53. The minimum absolute atomic E-state index is 0.254. The van der Waals surface area contributed by atoms with Crippen molar-refractivity contribution < 1.29 is 5.11 Å². The largest absolute Gasteiger partial charge is 0.383 e. The molecule has 2 unspecified atom stereocenters. The summed E-state index contributed by atoms with van der Waals surface area (Å²) in [6.45, 7) is 2.59. The van der Waals surface area contributed by atoms with Crippen molar-refractivity contribution in [3.8, 4) is 0 Å². The van der Waals surface area contributed by atoms with E-state index >= 15 is 0 Å². The Balaban J connectivity index is 2.48. The summed E-state index contributed by atoms with van der Waals surface area (Å²) in [6, 6.07) is 0. The van der Waals surface area contributed by atoms with Gasteiger partial charge in [-0.3, -0.25) is 4.68 Å². The third-order valence-corrected chi connectivity index (χ3v) is 3.61. The van der Waals surface area contributed by atoms with Crippen LogP contribution >= 0.6 is 0 Å². The molecule has 0 aromatic carbocycles. The fourth-order valence-electron chi connectivity index (χ4n) is 2.65. The zero-order valence-electron chi connectivity index (χ0n) is 9.40. The van der Waals surface area contributed by atoms with Gasteiger partial charge in [0.15, 0.2) is 0 Å². The molecule has 0 radical (unpaired) electrons. The molecule has 1 heterocycles. The van der Waals surface area contributed by atoms with Gasteiger partial charge in [-0.1, -0.05) is 6.92 Å². The van der Waals surface area contributed by atoms with Gasteiger partial charge in [0, 0.05) is 7.05 Å². The second kappa shape index (κ2) is 3.61. The molecule has 4 heteroatoms. The summed E-state index contributed by atoms with van der Waals surface area (Å²) in [4.78, 5) is 0. The Bertz CT molecular complexity index is 361. The average molecular weight is 209 g/mol. The zero-order chi connectivity index (χ0) is 11.1. The SMILES string of the molecule is CC1CCc2cnn(C)c2C1(O)CCN. The van der Waals surface area contributed by atoms with Gasteiger partial charge in [-0.05, 0) is 37.3 Å². The van der Waals surface area contributed by atoms with E-state index < -0.39 is 5.60 Å². The molecule has 0 amide bonds. The molecule has 4 nitrogen and oxygen atoms in total. The van der Waals surface area contributed by atoms with E-state index in [-0.39, 0.29) is 5.92 Å². The van der Waals surface area contributed by atoms with Gasteiger partial charge >= 0.3 is 0 Å². The van der Waals surface area contributed by atoms with Crippen LogP contribution < -0.4 is 5.73 Å². The molecule has 2 rings (SSSR count). The second-order valence-corrected chi connectivity index (χ2v) is 4.54. The van der Waals surface area contributed by atoms with Crippen LogP contribution in [0, 0.1) is 5.92 Å². The Kier molecular flexibility index (Phi) is 2.56. The highest BCUT2D eigenvalue weighted by atomic mass is 16.3. The molecule has 1 aliphatic rings. The van der Waals surface area contributed by atoms with E-state index in [0.29, 0.717) is 13.0 Å². The predicted octanol–water partition coefficient (Wildman–Crippen LogP) is 0.539. The topological polar surface area (TPSA) is 64.1 Å². The van der Waals surface area contributed by atoms with Gasteiger partial charge in [-0.15, -0.1) is 0 Å². The Hall–Kier alpha value is -0.870. The maximum atomic E-state index is 10.7. The maximum absolute atomic E-state index is 10.7. The molecular weight excluding hydrogens is 190 g/mol. The smallest absolute Gasteiger partial charge is 0.110 e. The maximum Gasteiger partial charge on any atom is 0.110 e. The first-order valence-electron chi connectivity index (χ1n) is 5.53. The molecule has 0 aliphatic heterocycles. The number of fused-ring (bicyclic) bond motifs is 1. The molecule has 0 fully saturated rings. The van der Waals surface area contributed by atoms with Gasteiger partial charge in [0.2, 0.25) is 0 Å². The van der Waals surface area contributed by atoms with Crippen LogP contribution in [0.15, 0.2) is 6.20 Å². The van der Waals surface area contributed by atoms with Crippen molar-refractivity contribution in [1.29, 1.82) is 0 Å². The average Bonchev–Trinajstić information content (AvgIpc) is 2.56. The lowest BCUT2D eigenvalue weighted by molar-refractivity contribution is -0.0402. The fourth-order valence-corrected chi connectivity index (χ4v) is 2.65. The summed E-state index contributed by atoms with van der Waals surface area (Å²) in [5.41, 5.74) is 6.95. The molecule has 1 aromatic heterocycles. The zero-order valence-corrected chi connectivity index (χ0v) is 9.40. The van der Waals surface area contributed by atoms with Crippen LogP contribution in [0.25, 0.3) is 0 Å². The van der Waals surface area contributed by atoms with Crippen LogP contribution in [-0.2, 0) is 19.1 Å². The van der Waals surface area contributed by atoms with Crippen LogP contribution in [0.2, 0.25) is 0 Å². The monoisotopic (exact) mass is 209 g/mol. The standard InChI is InChI=1S/C11H19N3O/c1-8-3-4-9-7-13-14(2)10(9)11(8,15)5-6-12/h7-8,15H,3-6,12H2,1-2H3. The number of rotatable bonds is 2. The first kappa shape index (κ1) is 10.6. The number of hydrogen-bond donors (Lipinski definition) is 2. The van der Waals surface area contributed by atoms with Gasteiger partial charge in [0.1, 0.15) is 5.60 Å². The van der Waals surface area contributed by atoms with E-state index in [1.165, 1.54) is 5.56 Å². The third kappa shape index (κ3) is 1.48. The van der Waals surface area contributed by atoms with Crippen LogP contribution in [0.3, 0.4) is 0 Å². The van der Waals surface area contributed by atoms with Crippen molar-refractivity contribution in [3.63, 3.8) is 0 Å². The first-order chi connectivity index (χ1) is 7.09. The number of hydrogen-bond acceptors (Lipinski definition) is 3. The Morgan fingerprint density at radius 3 is 3.13 bits per heavy atom. The van der Waals surface area contributed by atoms with Crippen LogP contribution in [0.5, 0.6) is 0 Å². The lowest BCUT2D eigenvalue weighted by Crippen LogP contribution is -2.41. The number of nitrogens with zero attached hydrogens (tertiary/aromatic N) is 2. The second-order valence-electron chi connectivity index (χ2n) is 4.54. The lowest BCUT2D eigenvalue weighted by atomic mass is 9.74. The van der Waals surface area contributed by atoms with Crippen molar-refractivity contribution in [1.82, 2.24) is 9.78 Å². The van der Waals surface area contributed by atoms with Crippen molar-refractivity contribution in [2.24, 2.45) is 18.7 Å². The molecule has 0 spiro atoms. The van der Waals surface area contributed by atoms with Gasteiger partial charge < -0.3 is 10.8 Å². The van der Waals surface area contributed by atoms with E-state index in [1.54, 1.807) is 4.68 Å². The number of aliphatic hydroxyl groups is 1. The van der Waals surface area contributed by atoms with E-state index in [0.717, 1.165) is 18.5 Å². The van der Waals surface area contributed by atoms with Gasteiger partial charge in [0.25, 0.3) is 0 Å². The Labute approximate surface area is 90.1 Å². The number of aromatic nitrogens is 2. The summed E-state index contributed by atoms with van der Waals surface area (Å²) in [7, 11) is 1.89. The molecule has 0 bridgehead atoms. The summed E-state index contributed by atoms with van der Waals surface area (Å²) < 4.78 is 1.79. The molecule has 15 heavy (non-hydrogen) atoms. The minimum Gasteiger partial charge on any atom is -0.383 e. The minimum atomic E-state index is -0.784. The summed E-state index contributed by atoms with van der Waals surface area (Å²) in [6.07, 6.45) is 4.50. The van der Waals surface area contributed by atoms with E-state index in [9.17, 15) is 5.11 Å². The van der Waals surface area contributed by atoms with Gasteiger partial charge in [-0.25, -0.2) is 0 Å². The fraction of sp³-hybridized carbons (Fsp3) is 0.727. The van der Waals surface area contributed by atoms with Crippen molar-refractivity contribution in [2.45, 2.75) is 31.8 Å². The molecule has 1 aromatic rings. The molecule has 84 valence electrons. The van der Waals surface area contributed by atoms with E-state index in [1.807, 2.05) is 13.2 Å². The van der Waals surface area contributed by atoms with Gasteiger partial charge in [-0.2, -0.15) is 5.10 Å². The summed E-state index contributed by atoms with van der Waals surface area (Å²) in [5, 5.41) is 14.9. The normalized spacial score (nSPS) is 30.3. The molecule has 2 atom stereocenters. The molecule has 0 saturated carbocycles. The van der Waals surface area contributed by atoms with E-state index in [2.05, 4.69) is 12.0 Å². The summed E-state index contributed by atoms with van der Waals surface area (Å²) >= 11 is 0. The number of aryl methyl sites for hydroxylation is 2. The molecular formula is C11H19N3O. The molecule has 1 aliphatic carbocycles. The van der Waals surface area contributed by atoms with Crippen LogP contribution in [0.4, 0.5) is 0 Å². The lowest BCUT2D eigenvalue weighted by Gasteiger charge is -2.38. The molecule has 3 N–H and O–H groups in total. The summed E-state index contributed by atoms with van der Waals surface area (Å²) in [5.74, 6) is 0.254. The highest BCUT2D eigenvalue weighted by Crippen LogP contribution is 2.41. The van der Waals surface area contributed by atoms with Crippen molar-refractivity contribution in [3.05, 3.63) is 17.5 Å². The van der Waals surface area contributed by atoms with Crippen LogP contribution in [0.1, 0.15) is 31.0 Å².